The van der Waals surface area contributed by atoms with Gasteiger partial charge in [0.2, 0.25) is 11.1 Å². The highest BCUT2D eigenvalue weighted by Gasteiger charge is 2.11. The van der Waals surface area contributed by atoms with Gasteiger partial charge < -0.3 is 4.42 Å². The predicted molar refractivity (Wildman–Crippen MR) is 81.3 cm³/mol. The Morgan fingerprint density at radius 1 is 1.10 bits per heavy atom. The average Bonchev–Trinajstić information content (AvgIpc) is 2.41. The van der Waals surface area contributed by atoms with Gasteiger partial charge in [-0.2, -0.15) is 0 Å². The van der Waals surface area contributed by atoms with Crippen LogP contribution in [0.15, 0.2) is 33.5 Å². The predicted octanol–water partition coefficient (Wildman–Crippen LogP) is 4.08. The lowest BCUT2D eigenvalue weighted by Crippen LogP contribution is -2.05. The highest BCUT2D eigenvalue weighted by molar-refractivity contribution is 5.88. The number of benzene rings is 1. The van der Waals surface area contributed by atoms with E-state index in [1.54, 1.807) is 0 Å². The van der Waals surface area contributed by atoms with Crippen molar-refractivity contribution in [1.29, 1.82) is 0 Å². The second-order valence-electron chi connectivity index (χ2n) is 5.58. The van der Waals surface area contributed by atoms with Gasteiger partial charge >= 0.3 is 0 Å². The first kappa shape index (κ1) is 12.9. The van der Waals surface area contributed by atoms with Crippen LogP contribution < -0.4 is 5.43 Å². The molecule has 3 heteroatoms. The fraction of sp³-hybridized carbons (Fsp3) is 0.294. The third kappa shape index (κ3) is 1.90. The van der Waals surface area contributed by atoms with Gasteiger partial charge in [0.15, 0.2) is 0 Å². The number of aryl methyl sites for hydroxylation is 2. The van der Waals surface area contributed by atoms with Crippen molar-refractivity contribution in [1.82, 2.24) is 4.98 Å². The number of aromatic nitrogens is 1. The second-order valence-corrected chi connectivity index (χ2v) is 5.58. The third-order valence-electron chi connectivity index (χ3n) is 3.80. The van der Waals surface area contributed by atoms with Gasteiger partial charge in [-0.15, -0.1) is 0 Å². The highest BCUT2D eigenvalue weighted by Crippen LogP contribution is 2.23. The summed E-state index contributed by atoms with van der Waals surface area (Å²) in [6.07, 6.45) is 0. The van der Waals surface area contributed by atoms with E-state index >= 15 is 0 Å². The van der Waals surface area contributed by atoms with Crippen molar-refractivity contribution in [2.45, 2.75) is 33.6 Å². The fourth-order valence-electron chi connectivity index (χ4n) is 2.35. The zero-order valence-corrected chi connectivity index (χ0v) is 12.2. The molecule has 0 atom stereocenters. The Labute approximate surface area is 117 Å². The van der Waals surface area contributed by atoms with E-state index in [-0.39, 0.29) is 5.43 Å². The SMILES string of the molecule is Cc1cc2c(=O)c3cc(C(C)C)ccc3oc2nc1C. The van der Waals surface area contributed by atoms with Crippen LogP contribution in [0.5, 0.6) is 0 Å². The van der Waals surface area contributed by atoms with E-state index in [0.717, 1.165) is 16.8 Å². The first-order valence-electron chi connectivity index (χ1n) is 6.82. The van der Waals surface area contributed by atoms with E-state index in [9.17, 15) is 4.79 Å². The van der Waals surface area contributed by atoms with Gasteiger partial charge in [-0.25, -0.2) is 4.98 Å². The lowest BCUT2D eigenvalue weighted by atomic mass is 10.0. The van der Waals surface area contributed by atoms with Crippen molar-refractivity contribution in [3.8, 4) is 0 Å². The molecule has 0 fully saturated rings. The van der Waals surface area contributed by atoms with E-state index in [0.29, 0.717) is 28.0 Å². The molecule has 0 bridgehead atoms. The number of pyridine rings is 1. The van der Waals surface area contributed by atoms with Gasteiger partial charge in [0.05, 0.1) is 10.8 Å². The Balaban J connectivity index is 2.45. The van der Waals surface area contributed by atoms with E-state index in [1.165, 1.54) is 0 Å². The molecule has 0 unspecified atom stereocenters. The van der Waals surface area contributed by atoms with Gasteiger partial charge in [0.25, 0.3) is 0 Å². The Morgan fingerprint density at radius 2 is 1.85 bits per heavy atom. The van der Waals surface area contributed by atoms with Gasteiger partial charge in [0, 0.05) is 5.69 Å². The molecule has 3 aromatic rings. The molecule has 0 radical (unpaired) electrons. The molecule has 3 nitrogen and oxygen atoms in total. The molecule has 0 aliphatic carbocycles. The van der Waals surface area contributed by atoms with Crippen molar-refractivity contribution < 1.29 is 4.42 Å². The Kier molecular flexibility index (Phi) is 2.85. The minimum atomic E-state index is -0.000602. The molecule has 0 amide bonds. The zero-order chi connectivity index (χ0) is 14.4. The van der Waals surface area contributed by atoms with Crippen molar-refractivity contribution in [3.05, 3.63) is 51.3 Å². The molecule has 2 heterocycles. The maximum absolute atomic E-state index is 12.6. The minimum absolute atomic E-state index is 0.000602. The normalized spacial score (nSPS) is 11.7. The summed E-state index contributed by atoms with van der Waals surface area (Å²) < 4.78 is 5.79. The van der Waals surface area contributed by atoms with E-state index in [4.69, 9.17) is 4.42 Å². The molecule has 0 aliphatic heterocycles. The maximum Gasteiger partial charge on any atom is 0.230 e. The molecule has 3 rings (SSSR count). The largest absolute Gasteiger partial charge is 0.437 e. The lowest BCUT2D eigenvalue weighted by Gasteiger charge is -2.07. The van der Waals surface area contributed by atoms with E-state index < -0.39 is 0 Å². The van der Waals surface area contributed by atoms with Gasteiger partial charge in [0.1, 0.15) is 5.58 Å². The van der Waals surface area contributed by atoms with Crippen LogP contribution in [0, 0.1) is 13.8 Å². The summed E-state index contributed by atoms with van der Waals surface area (Å²) in [6.45, 7) is 8.09. The Bertz CT molecular complexity index is 875. The van der Waals surface area contributed by atoms with Crippen LogP contribution in [-0.2, 0) is 0 Å². The summed E-state index contributed by atoms with van der Waals surface area (Å²) in [6, 6.07) is 7.66. The van der Waals surface area contributed by atoms with Crippen LogP contribution in [-0.4, -0.2) is 4.98 Å². The molecule has 0 spiro atoms. The zero-order valence-electron chi connectivity index (χ0n) is 12.2. The van der Waals surface area contributed by atoms with Gasteiger partial charge in [-0.3, -0.25) is 4.79 Å². The number of rotatable bonds is 1. The molecule has 0 saturated carbocycles. The Hall–Kier alpha value is -2.16. The number of fused-ring (bicyclic) bond motifs is 2. The standard InChI is InChI=1S/C17H17NO2/c1-9(2)12-5-6-15-13(8-12)16(19)14-7-10(3)11(4)18-17(14)20-15/h5-9H,1-4H3. The van der Waals surface area contributed by atoms with Gasteiger partial charge in [-0.05, 0) is 49.1 Å². The fourth-order valence-corrected chi connectivity index (χ4v) is 2.35. The van der Waals surface area contributed by atoms with Crippen LogP contribution in [0.2, 0.25) is 0 Å². The number of hydrogen-bond acceptors (Lipinski definition) is 3. The monoisotopic (exact) mass is 267 g/mol. The van der Waals surface area contributed by atoms with Crippen molar-refractivity contribution >= 4 is 22.1 Å². The minimum Gasteiger partial charge on any atom is -0.437 e. The first-order valence-corrected chi connectivity index (χ1v) is 6.82. The summed E-state index contributed by atoms with van der Waals surface area (Å²) in [5, 5.41) is 1.19. The maximum atomic E-state index is 12.6. The molecule has 2 aromatic heterocycles. The van der Waals surface area contributed by atoms with E-state index in [2.05, 4.69) is 18.8 Å². The van der Waals surface area contributed by atoms with Crippen LogP contribution in [0.1, 0.15) is 36.6 Å². The second kappa shape index (κ2) is 4.44. The quantitative estimate of drug-likeness (QED) is 0.624. The number of hydrogen-bond donors (Lipinski definition) is 0. The van der Waals surface area contributed by atoms with Crippen LogP contribution in [0.3, 0.4) is 0 Å². The molecule has 0 saturated heterocycles. The molecular weight excluding hydrogens is 250 g/mol. The van der Waals surface area contributed by atoms with Crippen molar-refractivity contribution in [3.63, 3.8) is 0 Å². The molecular formula is C17H17NO2. The molecule has 102 valence electrons. The molecule has 20 heavy (non-hydrogen) atoms. The summed E-state index contributed by atoms with van der Waals surface area (Å²) >= 11 is 0. The highest BCUT2D eigenvalue weighted by atomic mass is 16.3. The summed E-state index contributed by atoms with van der Waals surface area (Å²) in [4.78, 5) is 17.0. The first-order chi connectivity index (χ1) is 9.47. The molecule has 0 N–H and O–H groups in total. The number of nitrogens with zero attached hydrogens (tertiary/aromatic N) is 1. The average molecular weight is 267 g/mol. The van der Waals surface area contributed by atoms with Crippen LogP contribution in [0.4, 0.5) is 0 Å². The van der Waals surface area contributed by atoms with Gasteiger partial charge in [-0.1, -0.05) is 19.9 Å². The molecule has 1 aromatic carbocycles. The smallest absolute Gasteiger partial charge is 0.230 e. The van der Waals surface area contributed by atoms with Crippen molar-refractivity contribution in [2.24, 2.45) is 0 Å². The molecule has 0 aliphatic rings. The van der Waals surface area contributed by atoms with Crippen LogP contribution in [0.25, 0.3) is 22.1 Å². The lowest BCUT2D eigenvalue weighted by molar-refractivity contribution is 0.642. The summed E-state index contributed by atoms with van der Waals surface area (Å²) in [5.41, 5.74) is 4.05. The third-order valence-corrected chi connectivity index (χ3v) is 3.80. The topological polar surface area (TPSA) is 43.1 Å². The van der Waals surface area contributed by atoms with E-state index in [1.807, 2.05) is 38.1 Å². The summed E-state index contributed by atoms with van der Waals surface area (Å²) in [5.74, 6) is 0.382. The van der Waals surface area contributed by atoms with Crippen LogP contribution >= 0.6 is 0 Å². The Morgan fingerprint density at radius 3 is 2.55 bits per heavy atom. The van der Waals surface area contributed by atoms with Crippen molar-refractivity contribution in [2.75, 3.05) is 0 Å². The summed E-state index contributed by atoms with van der Waals surface area (Å²) in [7, 11) is 0.